The van der Waals surface area contributed by atoms with E-state index in [-0.39, 0.29) is 5.56 Å². The Kier molecular flexibility index (Phi) is 6.00. The highest BCUT2D eigenvalue weighted by Crippen LogP contribution is 2.32. The van der Waals surface area contributed by atoms with Crippen molar-refractivity contribution < 1.29 is 14.7 Å². The van der Waals surface area contributed by atoms with Gasteiger partial charge in [-0.1, -0.05) is 84.4 Å². The van der Waals surface area contributed by atoms with Gasteiger partial charge in [-0.3, -0.25) is 4.79 Å². The first-order valence-corrected chi connectivity index (χ1v) is 11.3. The van der Waals surface area contributed by atoms with Gasteiger partial charge in [0.1, 0.15) is 6.29 Å². The summed E-state index contributed by atoms with van der Waals surface area (Å²) >= 11 is 0. The summed E-state index contributed by atoms with van der Waals surface area (Å²) in [7, 11) is 0. The second kappa shape index (κ2) is 9.56. The van der Waals surface area contributed by atoms with E-state index in [9.17, 15) is 9.59 Å². The molecule has 1 aliphatic rings. The van der Waals surface area contributed by atoms with Gasteiger partial charge < -0.3 is 5.11 Å². The van der Waals surface area contributed by atoms with Gasteiger partial charge in [-0.25, -0.2) is 4.79 Å². The number of benzene rings is 4. The Morgan fingerprint density at radius 1 is 0.686 bits per heavy atom. The molecule has 35 heavy (non-hydrogen) atoms. The average molecular weight is 453 g/mol. The zero-order valence-corrected chi connectivity index (χ0v) is 18.8. The maximum absolute atomic E-state index is 11.1. The molecule has 0 saturated heterocycles. The lowest BCUT2D eigenvalue weighted by atomic mass is 9.91. The Hall–Kier alpha value is -4.86. The number of rotatable bonds is 2. The standard InChI is InChI=1S/C32H20O3/c33-21-24-11-9-22(10-12-24)15-19-30-26-5-1-3-7-28(26)31(29-8-4-2-6-27(29)30)20-16-23-13-17-25(18-14-23)32(34)35/h1-9,11,13-14,17-18,21H,10,12H2,(H,34,35). The van der Waals surface area contributed by atoms with E-state index in [1.165, 1.54) is 0 Å². The average Bonchev–Trinajstić information content (AvgIpc) is 2.91. The van der Waals surface area contributed by atoms with Crippen LogP contribution in [0.25, 0.3) is 21.5 Å². The molecule has 0 radical (unpaired) electrons. The fourth-order valence-electron chi connectivity index (χ4n) is 4.23. The molecule has 4 aromatic carbocycles. The molecule has 1 aliphatic carbocycles. The molecule has 0 atom stereocenters. The van der Waals surface area contributed by atoms with Gasteiger partial charge in [0.2, 0.25) is 0 Å². The zero-order chi connectivity index (χ0) is 24.2. The van der Waals surface area contributed by atoms with Crippen LogP contribution in [0.3, 0.4) is 0 Å². The molecule has 1 N–H and O–H groups in total. The molecular weight excluding hydrogens is 432 g/mol. The number of carboxylic acids is 1. The summed E-state index contributed by atoms with van der Waals surface area (Å²) in [5, 5.41) is 13.2. The monoisotopic (exact) mass is 452 g/mol. The highest BCUT2D eigenvalue weighted by atomic mass is 16.4. The highest BCUT2D eigenvalue weighted by Gasteiger charge is 2.12. The van der Waals surface area contributed by atoms with Crippen LogP contribution in [0.1, 0.15) is 39.9 Å². The molecule has 0 saturated carbocycles. The van der Waals surface area contributed by atoms with Gasteiger partial charge in [0.05, 0.1) is 5.56 Å². The van der Waals surface area contributed by atoms with Crippen molar-refractivity contribution in [2.45, 2.75) is 12.8 Å². The van der Waals surface area contributed by atoms with Crippen LogP contribution in [0.4, 0.5) is 0 Å². The predicted octanol–water partition coefficient (Wildman–Crippen LogP) is 6.29. The fourth-order valence-corrected chi connectivity index (χ4v) is 4.23. The molecule has 166 valence electrons. The van der Waals surface area contributed by atoms with Crippen LogP contribution in [0.15, 0.2) is 96.1 Å². The van der Waals surface area contributed by atoms with E-state index in [1.54, 1.807) is 24.3 Å². The molecule has 5 rings (SSSR count). The minimum absolute atomic E-state index is 0.236. The Morgan fingerprint density at radius 3 is 1.69 bits per heavy atom. The Balaban J connectivity index is 1.67. The molecule has 0 amide bonds. The third-order valence-electron chi connectivity index (χ3n) is 6.08. The van der Waals surface area contributed by atoms with Gasteiger partial charge in [-0.15, -0.1) is 0 Å². The maximum atomic E-state index is 11.1. The summed E-state index contributed by atoms with van der Waals surface area (Å²) in [5.41, 5.74) is 4.67. The molecule has 3 nitrogen and oxygen atoms in total. The minimum Gasteiger partial charge on any atom is -0.478 e. The van der Waals surface area contributed by atoms with Crippen LogP contribution < -0.4 is 0 Å². The van der Waals surface area contributed by atoms with E-state index in [0.29, 0.717) is 6.42 Å². The Morgan fingerprint density at radius 2 is 1.23 bits per heavy atom. The third kappa shape index (κ3) is 4.49. The van der Waals surface area contributed by atoms with E-state index in [0.717, 1.165) is 62.1 Å². The second-order valence-corrected chi connectivity index (χ2v) is 8.28. The molecule has 3 heteroatoms. The number of hydrogen-bond donors (Lipinski definition) is 1. The van der Waals surface area contributed by atoms with Crippen molar-refractivity contribution in [2.75, 3.05) is 0 Å². The first kappa shape index (κ1) is 22.0. The van der Waals surface area contributed by atoms with Crippen molar-refractivity contribution in [1.82, 2.24) is 0 Å². The quantitative estimate of drug-likeness (QED) is 0.221. The van der Waals surface area contributed by atoms with Crippen LogP contribution in [0.2, 0.25) is 0 Å². The summed E-state index contributed by atoms with van der Waals surface area (Å²) in [4.78, 5) is 22.1. The van der Waals surface area contributed by atoms with E-state index < -0.39 is 5.97 Å². The van der Waals surface area contributed by atoms with Crippen molar-refractivity contribution in [3.63, 3.8) is 0 Å². The van der Waals surface area contributed by atoms with Crippen LogP contribution in [0, 0.1) is 23.7 Å². The summed E-state index contributed by atoms with van der Waals surface area (Å²) in [6.07, 6.45) is 6.16. The molecule has 0 aromatic heterocycles. The SMILES string of the molecule is O=CC1=CC=C(C#Cc2c3ccccc3c(C#Cc3ccc(C(=O)O)cc3)c3ccccc23)CC1. The smallest absolute Gasteiger partial charge is 0.335 e. The molecule has 0 fully saturated rings. The third-order valence-corrected chi connectivity index (χ3v) is 6.08. The fraction of sp³-hybridized carbons (Fsp3) is 0.0625. The van der Waals surface area contributed by atoms with Crippen molar-refractivity contribution >= 4 is 33.8 Å². The molecule has 0 spiro atoms. The maximum Gasteiger partial charge on any atom is 0.335 e. The van der Waals surface area contributed by atoms with Crippen molar-refractivity contribution in [3.8, 4) is 23.7 Å². The first-order valence-electron chi connectivity index (χ1n) is 11.3. The van der Waals surface area contributed by atoms with E-state index in [2.05, 4.69) is 47.9 Å². The normalized spacial score (nSPS) is 12.6. The van der Waals surface area contributed by atoms with Crippen LogP contribution in [-0.4, -0.2) is 17.4 Å². The van der Waals surface area contributed by atoms with E-state index in [4.69, 9.17) is 5.11 Å². The first-order chi connectivity index (χ1) is 17.1. The van der Waals surface area contributed by atoms with Crippen molar-refractivity contribution in [3.05, 3.63) is 118 Å². The lowest BCUT2D eigenvalue weighted by Crippen LogP contribution is -1.95. The Bertz CT molecular complexity index is 1620. The Labute approximate surface area is 203 Å². The molecule has 4 aromatic rings. The number of aromatic carboxylic acids is 1. The summed E-state index contributed by atoms with van der Waals surface area (Å²) < 4.78 is 0. The number of allylic oxidation sites excluding steroid dienone is 4. The number of carbonyl (C=O) groups excluding carboxylic acids is 1. The number of carbonyl (C=O) groups is 2. The lowest BCUT2D eigenvalue weighted by Gasteiger charge is -2.11. The molecule has 0 unspecified atom stereocenters. The predicted molar refractivity (Wildman–Crippen MR) is 139 cm³/mol. The van der Waals surface area contributed by atoms with E-state index >= 15 is 0 Å². The van der Waals surface area contributed by atoms with Gasteiger partial charge >= 0.3 is 5.97 Å². The molecule has 0 bridgehead atoms. The van der Waals surface area contributed by atoms with Gasteiger partial charge in [-0.2, -0.15) is 0 Å². The summed E-state index contributed by atoms with van der Waals surface area (Å²) in [5.74, 6) is 12.3. The number of aldehydes is 1. The van der Waals surface area contributed by atoms with Gasteiger partial charge in [-0.05, 0) is 64.2 Å². The summed E-state index contributed by atoms with van der Waals surface area (Å²) in [6, 6.07) is 22.8. The highest BCUT2D eigenvalue weighted by molar-refractivity contribution is 6.09. The topological polar surface area (TPSA) is 54.4 Å². The van der Waals surface area contributed by atoms with Crippen molar-refractivity contribution in [1.29, 1.82) is 0 Å². The van der Waals surface area contributed by atoms with Gasteiger partial charge in [0.15, 0.2) is 0 Å². The van der Waals surface area contributed by atoms with Crippen LogP contribution in [-0.2, 0) is 4.79 Å². The zero-order valence-electron chi connectivity index (χ0n) is 18.8. The number of hydrogen-bond acceptors (Lipinski definition) is 2. The van der Waals surface area contributed by atoms with Crippen molar-refractivity contribution in [2.24, 2.45) is 0 Å². The molecule has 0 heterocycles. The van der Waals surface area contributed by atoms with Gasteiger partial charge in [0, 0.05) is 22.3 Å². The number of fused-ring (bicyclic) bond motifs is 2. The largest absolute Gasteiger partial charge is 0.478 e. The van der Waals surface area contributed by atoms with Crippen LogP contribution in [0.5, 0.6) is 0 Å². The molecule has 0 aliphatic heterocycles. The second-order valence-electron chi connectivity index (χ2n) is 8.28. The van der Waals surface area contributed by atoms with Crippen LogP contribution >= 0.6 is 0 Å². The van der Waals surface area contributed by atoms with Gasteiger partial charge in [0.25, 0.3) is 0 Å². The summed E-state index contributed by atoms with van der Waals surface area (Å²) in [6.45, 7) is 0. The number of carboxylic acid groups (broad SMARTS) is 1. The molecular formula is C32H20O3. The lowest BCUT2D eigenvalue weighted by molar-refractivity contribution is -0.105. The van der Waals surface area contributed by atoms with E-state index in [1.807, 2.05) is 36.4 Å². The minimum atomic E-state index is -0.956.